The molecular weight excluding hydrogens is 272 g/mol. The van der Waals surface area contributed by atoms with E-state index in [1.54, 1.807) is 12.1 Å². The Morgan fingerprint density at radius 2 is 2.15 bits per heavy atom. The van der Waals surface area contributed by atoms with Crippen LogP contribution >= 0.6 is 0 Å². The van der Waals surface area contributed by atoms with Gasteiger partial charge in [0.25, 0.3) is 0 Å². The van der Waals surface area contributed by atoms with E-state index in [1.807, 2.05) is 6.07 Å². The third kappa shape index (κ3) is 4.58. The van der Waals surface area contributed by atoms with Crippen LogP contribution in [0.15, 0.2) is 29.2 Å². The van der Waals surface area contributed by atoms with Crippen molar-refractivity contribution in [2.45, 2.75) is 44.0 Å². The molecule has 4 nitrogen and oxygen atoms in total. The predicted octanol–water partition coefficient (Wildman–Crippen LogP) is 2.25. The molecule has 0 amide bonds. The van der Waals surface area contributed by atoms with Crippen LogP contribution in [-0.2, 0) is 16.6 Å². The zero-order chi connectivity index (χ0) is 14.6. The van der Waals surface area contributed by atoms with Crippen LogP contribution in [0.5, 0.6) is 0 Å². The number of nitrogens with two attached hydrogens (primary N) is 1. The molecule has 3 N–H and O–H groups in total. The fourth-order valence-corrected chi connectivity index (χ4v) is 3.58. The van der Waals surface area contributed by atoms with Crippen molar-refractivity contribution in [2.24, 2.45) is 17.0 Å². The number of nitrogens with one attached hydrogen (secondary N) is 1. The molecule has 1 aromatic carbocycles. The van der Waals surface area contributed by atoms with Gasteiger partial charge in [-0.25, -0.2) is 13.6 Å². The summed E-state index contributed by atoms with van der Waals surface area (Å²) in [5.74, 6) is 1.58. The highest BCUT2D eigenvalue weighted by Crippen LogP contribution is 2.27. The van der Waals surface area contributed by atoms with Crippen molar-refractivity contribution in [3.63, 3.8) is 0 Å². The van der Waals surface area contributed by atoms with Crippen LogP contribution < -0.4 is 10.5 Å². The Morgan fingerprint density at radius 1 is 1.35 bits per heavy atom. The van der Waals surface area contributed by atoms with E-state index in [0.29, 0.717) is 6.54 Å². The minimum absolute atomic E-state index is 0.183. The van der Waals surface area contributed by atoms with Gasteiger partial charge in [-0.15, -0.1) is 0 Å². The lowest BCUT2D eigenvalue weighted by Crippen LogP contribution is -2.26. The average molecular weight is 296 g/mol. The quantitative estimate of drug-likeness (QED) is 0.875. The Balaban J connectivity index is 1.85. The molecule has 1 aliphatic rings. The molecule has 0 saturated heterocycles. The molecule has 1 aliphatic carbocycles. The summed E-state index contributed by atoms with van der Waals surface area (Å²) in [6.45, 7) is 4.01. The maximum absolute atomic E-state index is 11.3. The van der Waals surface area contributed by atoms with E-state index >= 15 is 0 Å². The van der Waals surface area contributed by atoms with E-state index in [1.165, 1.54) is 31.7 Å². The van der Waals surface area contributed by atoms with E-state index in [0.717, 1.165) is 23.9 Å². The Bertz CT molecular complexity index is 543. The highest BCUT2D eigenvalue weighted by molar-refractivity contribution is 7.89. The van der Waals surface area contributed by atoms with Crippen LogP contribution in [0.25, 0.3) is 0 Å². The van der Waals surface area contributed by atoms with Crippen LogP contribution in [0.1, 0.15) is 38.2 Å². The van der Waals surface area contributed by atoms with E-state index in [9.17, 15) is 8.42 Å². The van der Waals surface area contributed by atoms with Gasteiger partial charge in [0.1, 0.15) is 0 Å². The van der Waals surface area contributed by atoms with Crippen molar-refractivity contribution in [3.05, 3.63) is 29.8 Å². The lowest BCUT2D eigenvalue weighted by molar-refractivity contribution is 0.274. The second kappa shape index (κ2) is 6.70. The Morgan fingerprint density at radius 3 is 2.85 bits per heavy atom. The van der Waals surface area contributed by atoms with Crippen molar-refractivity contribution in [1.82, 2.24) is 5.32 Å². The third-order valence-electron chi connectivity index (χ3n) is 4.03. The summed E-state index contributed by atoms with van der Waals surface area (Å²) in [5.41, 5.74) is 0.959. The minimum atomic E-state index is -3.61. The fourth-order valence-electron chi connectivity index (χ4n) is 3.00. The van der Waals surface area contributed by atoms with Gasteiger partial charge in [0, 0.05) is 6.54 Å². The average Bonchev–Trinajstić information content (AvgIpc) is 2.38. The van der Waals surface area contributed by atoms with Gasteiger partial charge >= 0.3 is 0 Å². The van der Waals surface area contributed by atoms with Crippen LogP contribution in [0, 0.1) is 11.8 Å². The molecule has 1 saturated carbocycles. The molecule has 0 aromatic heterocycles. The van der Waals surface area contributed by atoms with Gasteiger partial charge < -0.3 is 5.32 Å². The maximum atomic E-state index is 11.3. The van der Waals surface area contributed by atoms with Gasteiger partial charge in [-0.05, 0) is 48.9 Å². The molecule has 1 fully saturated rings. The predicted molar refractivity (Wildman–Crippen MR) is 80.6 cm³/mol. The maximum Gasteiger partial charge on any atom is 0.238 e. The van der Waals surface area contributed by atoms with Crippen LogP contribution in [0.3, 0.4) is 0 Å². The molecule has 0 spiro atoms. The Hall–Kier alpha value is -0.910. The largest absolute Gasteiger partial charge is 0.312 e. The van der Waals surface area contributed by atoms with Gasteiger partial charge in [0.05, 0.1) is 4.90 Å². The van der Waals surface area contributed by atoms with Gasteiger partial charge in [-0.3, -0.25) is 0 Å². The molecule has 5 heteroatoms. The van der Waals surface area contributed by atoms with E-state index in [-0.39, 0.29) is 4.90 Å². The Kier molecular flexibility index (Phi) is 5.18. The first-order valence-electron chi connectivity index (χ1n) is 7.27. The molecule has 0 heterocycles. The number of rotatable bonds is 5. The molecule has 1 aromatic rings. The molecular formula is C15H24N2O2S. The molecule has 0 radical (unpaired) electrons. The fraction of sp³-hybridized carbons (Fsp3) is 0.600. The van der Waals surface area contributed by atoms with Crippen LogP contribution in [-0.4, -0.2) is 15.0 Å². The summed E-state index contributed by atoms with van der Waals surface area (Å²) in [6.07, 6.45) is 5.28. The highest BCUT2D eigenvalue weighted by atomic mass is 32.2. The topological polar surface area (TPSA) is 72.2 Å². The SMILES string of the molecule is CC1CCCC(CNCc2cccc(S(N)(=O)=O)c2)C1. The zero-order valence-corrected chi connectivity index (χ0v) is 12.8. The van der Waals surface area contributed by atoms with Crippen molar-refractivity contribution >= 4 is 10.0 Å². The van der Waals surface area contributed by atoms with E-state index < -0.39 is 10.0 Å². The standard InChI is InChI=1S/C15H24N2O2S/c1-12-4-2-5-13(8-12)10-17-11-14-6-3-7-15(9-14)20(16,18)19/h3,6-7,9,12-13,17H,2,4-5,8,10-11H2,1H3,(H2,16,18,19). The first-order chi connectivity index (χ1) is 9.45. The summed E-state index contributed by atoms with van der Waals surface area (Å²) >= 11 is 0. The third-order valence-corrected chi connectivity index (χ3v) is 4.95. The van der Waals surface area contributed by atoms with Gasteiger partial charge in [-0.1, -0.05) is 31.9 Å². The summed E-state index contributed by atoms with van der Waals surface area (Å²) in [7, 11) is -3.61. The van der Waals surface area contributed by atoms with E-state index in [4.69, 9.17) is 5.14 Å². The monoisotopic (exact) mass is 296 g/mol. The second-order valence-corrected chi connectivity index (χ2v) is 7.52. The van der Waals surface area contributed by atoms with E-state index in [2.05, 4.69) is 12.2 Å². The van der Waals surface area contributed by atoms with Gasteiger partial charge in [-0.2, -0.15) is 0 Å². The molecule has 2 unspecified atom stereocenters. The lowest BCUT2D eigenvalue weighted by atomic mass is 9.82. The smallest absolute Gasteiger partial charge is 0.238 e. The molecule has 112 valence electrons. The summed E-state index contributed by atoms with van der Waals surface area (Å²) < 4.78 is 22.6. The molecule has 0 bridgehead atoms. The second-order valence-electron chi connectivity index (χ2n) is 5.96. The number of sulfonamides is 1. The normalized spacial score (nSPS) is 23.7. The van der Waals surface area contributed by atoms with Gasteiger partial charge in [0.15, 0.2) is 0 Å². The summed E-state index contributed by atoms with van der Waals surface area (Å²) in [6, 6.07) is 6.83. The Labute approximate surface area is 121 Å². The van der Waals surface area contributed by atoms with Crippen molar-refractivity contribution in [2.75, 3.05) is 6.54 Å². The first-order valence-corrected chi connectivity index (χ1v) is 8.82. The molecule has 20 heavy (non-hydrogen) atoms. The molecule has 2 atom stereocenters. The number of hydrogen-bond acceptors (Lipinski definition) is 3. The lowest BCUT2D eigenvalue weighted by Gasteiger charge is -2.26. The summed E-state index contributed by atoms with van der Waals surface area (Å²) in [4.78, 5) is 0.183. The minimum Gasteiger partial charge on any atom is -0.312 e. The molecule has 0 aliphatic heterocycles. The first kappa shape index (κ1) is 15.5. The highest BCUT2D eigenvalue weighted by Gasteiger charge is 2.18. The number of hydrogen-bond donors (Lipinski definition) is 2. The van der Waals surface area contributed by atoms with Crippen molar-refractivity contribution < 1.29 is 8.42 Å². The number of primary sulfonamides is 1. The number of benzene rings is 1. The zero-order valence-electron chi connectivity index (χ0n) is 12.0. The van der Waals surface area contributed by atoms with Crippen LogP contribution in [0.2, 0.25) is 0 Å². The van der Waals surface area contributed by atoms with Crippen LogP contribution in [0.4, 0.5) is 0 Å². The molecule has 2 rings (SSSR count). The van der Waals surface area contributed by atoms with Crippen molar-refractivity contribution in [1.29, 1.82) is 0 Å². The van der Waals surface area contributed by atoms with Crippen molar-refractivity contribution in [3.8, 4) is 0 Å². The van der Waals surface area contributed by atoms with Gasteiger partial charge in [0.2, 0.25) is 10.0 Å². The summed E-state index contributed by atoms with van der Waals surface area (Å²) in [5, 5.41) is 8.57.